The Hall–Kier alpha value is -4.14. The van der Waals surface area contributed by atoms with Gasteiger partial charge in [-0.1, -0.05) is 47.5 Å². The first-order valence-corrected chi connectivity index (χ1v) is 14.5. The van der Waals surface area contributed by atoms with Gasteiger partial charge in [0.2, 0.25) is 0 Å². The molecule has 3 heterocycles. The quantitative estimate of drug-likeness (QED) is 0.205. The van der Waals surface area contributed by atoms with Crippen LogP contribution in [0.4, 0.5) is 13.2 Å². The zero-order valence-electron chi connectivity index (χ0n) is 23.8. The zero-order valence-corrected chi connectivity index (χ0v) is 24.6. The summed E-state index contributed by atoms with van der Waals surface area (Å²) in [5.74, 6) is -0.261. The first-order chi connectivity index (χ1) is 20.6. The number of alkyl halides is 3. The number of fused-ring (bicyclic) bond motifs is 1. The molecule has 1 aliphatic heterocycles. The molecule has 43 heavy (non-hydrogen) atoms. The molecule has 9 heteroatoms. The van der Waals surface area contributed by atoms with Crippen LogP contribution in [0.2, 0.25) is 5.02 Å². The molecule has 1 fully saturated rings. The number of carbonyl (C=O) groups is 1. The summed E-state index contributed by atoms with van der Waals surface area (Å²) in [4.78, 5) is 22.0. The van der Waals surface area contributed by atoms with E-state index in [1.165, 1.54) is 28.8 Å². The predicted octanol–water partition coefficient (Wildman–Crippen LogP) is 7.92. The van der Waals surface area contributed by atoms with Crippen LogP contribution < -0.4 is 0 Å². The lowest BCUT2D eigenvalue weighted by molar-refractivity contribution is -0.137. The van der Waals surface area contributed by atoms with Crippen molar-refractivity contribution >= 4 is 23.2 Å². The van der Waals surface area contributed by atoms with E-state index in [0.717, 1.165) is 40.3 Å². The Kier molecular flexibility index (Phi) is 7.75. The number of aromatic nitrogens is 2. The fourth-order valence-electron chi connectivity index (χ4n) is 5.59. The van der Waals surface area contributed by atoms with Crippen LogP contribution >= 0.6 is 11.6 Å². The molecule has 220 valence electrons. The van der Waals surface area contributed by atoms with Gasteiger partial charge in [-0.15, -0.1) is 0 Å². The van der Waals surface area contributed by atoms with E-state index in [-0.39, 0.29) is 11.5 Å². The molecular weight excluding hydrogens is 573 g/mol. The molecule has 3 aromatic carbocycles. The average Bonchev–Trinajstić information content (AvgIpc) is 3.35. The maximum absolute atomic E-state index is 13.1. The van der Waals surface area contributed by atoms with Gasteiger partial charge in [0.05, 0.1) is 17.0 Å². The molecule has 0 radical (unpaired) electrons. The van der Waals surface area contributed by atoms with E-state index in [2.05, 4.69) is 53.6 Å². The molecule has 0 aliphatic carbocycles. The molecule has 0 bridgehead atoms. The summed E-state index contributed by atoms with van der Waals surface area (Å²) in [6.07, 6.45) is -2.29. The largest absolute Gasteiger partial charge is 0.416 e. The molecule has 5 nitrogen and oxygen atoms in total. The number of benzene rings is 3. The summed E-state index contributed by atoms with van der Waals surface area (Å²) in [5.41, 5.74) is 7.86. The fourth-order valence-corrected chi connectivity index (χ4v) is 5.72. The van der Waals surface area contributed by atoms with Crippen molar-refractivity contribution in [2.24, 2.45) is 0 Å². The molecule has 1 saturated heterocycles. The standard InChI is InChI=1S/C34H30ClF3N4O/c1-22-3-4-23(2)29(19-22)26-9-14-31-39-32(24-7-12-28(35)13-8-24)30(42(31)20-26)21-40-15-17-41(18-16-40)33(43)25-5-10-27(11-6-25)34(36,37)38/h3-14,19-20H,15-18,21H2,1-2H3. The average molecular weight is 603 g/mol. The van der Waals surface area contributed by atoms with Gasteiger partial charge in [-0.2, -0.15) is 13.2 Å². The molecular formula is C34H30ClF3N4O. The van der Waals surface area contributed by atoms with Gasteiger partial charge in [-0.25, -0.2) is 4.98 Å². The zero-order chi connectivity index (χ0) is 30.3. The predicted molar refractivity (Wildman–Crippen MR) is 163 cm³/mol. The number of aryl methyl sites for hydroxylation is 2. The Morgan fingerprint density at radius 2 is 1.53 bits per heavy atom. The Morgan fingerprint density at radius 1 is 0.860 bits per heavy atom. The van der Waals surface area contributed by atoms with Crippen LogP contribution in [-0.4, -0.2) is 51.3 Å². The number of amides is 1. The van der Waals surface area contributed by atoms with E-state index < -0.39 is 11.7 Å². The first kappa shape index (κ1) is 29.0. The highest BCUT2D eigenvalue weighted by atomic mass is 35.5. The minimum atomic E-state index is -4.43. The minimum Gasteiger partial charge on any atom is -0.336 e. The third-order valence-corrected chi connectivity index (χ3v) is 8.28. The second-order valence-corrected chi connectivity index (χ2v) is 11.5. The van der Waals surface area contributed by atoms with Gasteiger partial charge >= 0.3 is 6.18 Å². The number of rotatable bonds is 5. The van der Waals surface area contributed by atoms with Crippen LogP contribution in [-0.2, 0) is 12.7 Å². The van der Waals surface area contributed by atoms with Crippen LogP contribution in [0.25, 0.3) is 28.0 Å². The second kappa shape index (κ2) is 11.5. The second-order valence-electron chi connectivity index (χ2n) is 11.0. The summed E-state index contributed by atoms with van der Waals surface area (Å²) in [6.45, 7) is 6.99. The normalized spacial score (nSPS) is 14.4. The lowest BCUT2D eigenvalue weighted by Gasteiger charge is -2.34. The lowest BCUT2D eigenvalue weighted by atomic mass is 10.00. The maximum Gasteiger partial charge on any atom is 0.416 e. The number of imidazole rings is 1. The Morgan fingerprint density at radius 3 is 2.21 bits per heavy atom. The Bertz CT molecular complexity index is 1790. The number of piperazine rings is 1. The summed E-state index contributed by atoms with van der Waals surface area (Å²) >= 11 is 6.18. The highest BCUT2D eigenvalue weighted by Gasteiger charge is 2.31. The molecule has 0 N–H and O–H groups in total. The molecule has 6 rings (SSSR count). The van der Waals surface area contributed by atoms with E-state index in [9.17, 15) is 18.0 Å². The molecule has 0 unspecified atom stereocenters. The van der Waals surface area contributed by atoms with E-state index >= 15 is 0 Å². The topological polar surface area (TPSA) is 40.9 Å². The third kappa shape index (κ3) is 6.03. The van der Waals surface area contributed by atoms with Crippen molar-refractivity contribution in [2.75, 3.05) is 26.2 Å². The fraction of sp³-hybridized carbons (Fsp3) is 0.235. The van der Waals surface area contributed by atoms with Crippen LogP contribution in [0.15, 0.2) is 85.1 Å². The number of carbonyl (C=O) groups excluding carboxylic acids is 1. The molecule has 0 atom stereocenters. The Balaban J connectivity index is 1.27. The Labute approximate surface area is 253 Å². The van der Waals surface area contributed by atoms with Crippen molar-refractivity contribution in [3.05, 3.63) is 118 Å². The SMILES string of the molecule is Cc1ccc(C)c(-c2ccc3nc(-c4ccc(Cl)cc4)c(CN4CCN(C(=O)c5ccc(C(F)(F)F)cc5)CC4)n3c2)c1. The van der Waals surface area contributed by atoms with Gasteiger partial charge in [-0.05, 0) is 79.1 Å². The van der Waals surface area contributed by atoms with Crippen LogP contribution in [0.3, 0.4) is 0 Å². The summed E-state index contributed by atoms with van der Waals surface area (Å²) < 4.78 is 41.0. The minimum absolute atomic E-state index is 0.257. The van der Waals surface area contributed by atoms with Crippen LogP contribution in [0.5, 0.6) is 0 Å². The molecule has 5 aromatic rings. The van der Waals surface area contributed by atoms with Gasteiger partial charge in [-0.3, -0.25) is 9.69 Å². The van der Waals surface area contributed by atoms with E-state index in [0.29, 0.717) is 37.7 Å². The van der Waals surface area contributed by atoms with Crippen molar-refractivity contribution in [3.8, 4) is 22.4 Å². The smallest absolute Gasteiger partial charge is 0.336 e. The summed E-state index contributed by atoms with van der Waals surface area (Å²) in [5, 5.41) is 0.653. The van der Waals surface area contributed by atoms with Crippen molar-refractivity contribution in [1.29, 1.82) is 0 Å². The molecule has 1 amide bonds. The molecule has 0 saturated carbocycles. The van der Waals surface area contributed by atoms with Crippen molar-refractivity contribution in [2.45, 2.75) is 26.6 Å². The highest BCUT2D eigenvalue weighted by molar-refractivity contribution is 6.30. The maximum atomic E-state index is 13.1. The van der Waals surface area contributed by atoms with Crippen LogP contribution in [0, 0.1) is 13.8 Å². The van der Waals surface area contributed by atoms with Gasteiger partial charge in [0.25, 0.3) is 5.91 Å². The van der Waals surface area contributed by atoms with Crippen molar-refractivity contribution in [3.63, 3.8) is 0 Å². The van der Waals surface area contributed by atoms with Gasteiger partial charge < -0.3 is 9.30 Å². The number of hydrogen-bond acceptors (Lipinski definition) is 3. The number of nitrogens with zero attached hydrogens (tertiary/aromatic N) is 4. The third-order valence-electron chi connectivity index (χ3n) is 8.03. The number of pyridine rings is 1. The summed E-state index contributed by atoms with van der Waals surface area (Å²) in [6, 6.07) is 22.7. The molecule has 0 spiro atoms. The molecule has 2 aromatic heterocycles. The van der Waals surface area contributed by atoms with Gasteiger partial charge in [0, 0.05) is 55.1 Å². The van der Waals surface area contributed by atoms with Crippen molar-refractivity contribution < 1.29 is 18.0 Å². The van der Waals surface area contributed by atoms with Gasteiger partial charge in [0.15, 0.2) is 0 Å². The lowest BCUT2D eigenvalue weighted by Crippen LogP contribution is -2.48. The molecule has 1 aliphatic rings. The monoisotopic (exact) mass is 602 g/mol. The first-order valence-electron chi connectivity index (χ1n) is 14.1. The summed E-state index contributed by atoms with van der Waals surface area (Å²) in [7, 11) is 0. The van der Waals surface area contributed by atoms with Gasteiger partial charge in [0.1, 0.15) is 5.65 Å². The number of halogens is 4. The van der Waals surface area contributed by atoms with Crippen LogP contribution in [0.1, 0.15) is 32.7 Å². The van der Waals surface area contributed by atoms with E-state index in [1.54, 1.807) is 4.90 Å². The highest BCUT2D eigenvalue weighted by Crippen LogP contribution is 2.32. The van der Waals surface area contributed by atoms with E-state index in [4.69, 9.17) is 16.6 Å². The van der Waals surface area contributed by atoms with Crippen molar-refractivity contribution in [1.82, 2.24) is 19.2 Å². The number of hydrogen-bond donors (Lipinski definition) is 0. The van der Waals surface area contributed by atoms with E-state index in [1.807, 2.05) is 30.3 Å².